The average molecular weight is 1710 g/mol. The van der Waals surface area contributed by atoms with E-state index in [1.54, 1.807) is 61.8 Å². The fraction of sp³-hybridized carbons (Fsp3) is 0.594. The first-order chi connectivity index (χ1) is 54.9. The minimum Gasteiger partial charge on any atom is -0.494 e. The van der Waals surface area contributed by atoms with Gasteiger partial charge in [0, 0.05) is 136 Å². The van der Waals surface area contributed by atoms with Crippen LogP contribution in [0.25, 0.3) is 10.9 Å². The number of imidazole rings is 1. The Morgan fingerprint density at radius 1 is 0.655 bits per heavy atom. The highest BCUT2D eigenvalue weighted by molar-refractivity contribution is 8.20. The quantitative estimate of drug-likeness (QED) is 0.0177. The van der Waals surface area contributed by atoms with Crippen LogP contribution in [-0.2, 0) is 85.7 Å². The van der Waals surface area contributed by atoms with Gasteiger partial charge in [-0.1, -0.05) is 6.07 Å². The van der Waals surface area contributed by atoms with Crippen LogP contribution in [-0.4, -0.2) is 359 Å². The molecule has 47 heteroatoms. The fourth-order valence-electron chi connectivity index (χ4n) is 12.3. The van der Waals surface area contributed by atoms with Gasteiger partial charge in [0.1, 0.15) is 40.9 Å². The molecular formula is C69H106N14O30S3. The van der Waals surface area contributed by atoms with Crippen molar-refractivity contribution in [2.75, 3.05) is 169 Å². The highest BCUT2D eigenvalue weighted by Gasteiger charge is 2.53. The summed E-state index contributed by atoms with van der Waals surface area (Å²) >= 11 is 0. The van der Waals surface area contributed by atoms with Gasteiger partial charge in [0.25, 0.3) is 15.9 Å². The highest BCUT2D eigenvalue weighted by Crippen LogP contribution is 2.49. The number of sulfonamides is 1. The number of rotatable bonds is 48. The lowest BCUT2D eigenvalue weighted by molar-refractivity contribution is -0.258. The molecular weight excluding hydrogens is 1600 g/mol. The fourth-order valence-corrected chi connectivity index (χ4v) is 15.5. The number of ether oxygens (including phenoxy) is 6. The van der Waals surface area contributed by atoms with E-state index in [9.17, 15) is 114 Å². The van der Waals surface area contributed by atoms with E-state index in [2.05, 4.69) is 46.3 Å². The number of H-pyrrole nitrogens is 1. The summed E-state index contributed by atoms with van der Waals surface area (Å²) < 4.78 is 124. The Bertz CT molecular complexity index is 4080. The topological polar surface area (TPSA) is 634 Å². The SMILES string of the molecule is Cc1cc(OCCCC(=O)NCCCOCCOCCOCCCNC(=O)[C@@H](CCC(=O)NCCOC2OC(CS(O)(O)O)C(O)C(S(O)(O)O)C2O)NC(=O)CN2CCN(CC(=O)O)CCN(CC(=O)O)CCN(CC(=O)O)CC2)cc(C)c1S(=O)(=O)/N=C(\CNC(=O)c1cn(C)c2cc(CNc3ncc[nH]3)ccc2c1=O)C(=O)O. The van der Waals surface area contributed by atoms with Gasteiger partial charge >= 0.3 is 23.9 Å². The van der Waals surface area contributed by atoms with Gasteiger partial charge in [0.15, 0.2) is 18.0 Å². The molecule has 2 saturated heterocycles. The predicted octanol–water partition coefficient (Wildman–Crippen LogP) is -1.51. The first-order valence-electron chi connectivity index (χ1n) is 36.8. The van der Waals surface area contributed by atoms with Crippen molar-refractivity contribution in [3.8, 4) is 5.75 Å². The number of carboxylic acid groups (broad SMARTS) is 4. The third-order valence-electron chi connectivity index (χ3n) is 17.9. The molecule has 19 N–H and O–H groups in total. The van der Waals surface area contributed by atoms with Gasteiger partial charge in [0.2, 0.25) is 29.1 Å². The van der Waals surface area contributed by atoms with Crippen molar-refractivity contribution >= 4 is 108 Å². The number of hydrogen-bond donors (Lipinski definition) is 19. The smallest absolute Gasteiger partial charge is 0.353 e. The molecule has 4 aromatic rings. The first-order valence-corrected chi connectivity index (χ1v) is 41.5. The molecule has 2 aliphatic heterocycles. The van der Waals surface area contributed by atoms with Crippen molar-refractivity contribution in [1.29, 1.82) is 0 Å². The van der Waals surface area contributed by atoms with Crippen LogP contribution in [0.5, 0.6) is 5.75 Å². The van der Waals surface area contributed by atoms with Crippen LogP contribution in [0, 0.1) is 13.8 Å². The number of hydrogen-bond acceptors (Lipinski definition) is 32. The number of pyridine rings is 1. The van der Waals surface area contributed by atoms with E-state index in [-0.39, 0.29) is 176 Å². The molecule has 5 unspecified atom stereocenters. The number of nitrogens with zero attached hydrogens (tertiary/aromatic N) is 7. The number of aliphatic hydroxyl groups excluding tert-OH is 2. The second-order valence-electron chi connectivity index (χ2n) is 27.2. The maximum absolute atomic E-state index is 13.9. The lowest BCUT2D eigenvalue weighted by Crippen LogP contribution is -2.60. The standard InChI is InChI=1S/C69H106N14O30S3/c1-44-33-47(34-45(2)63(44)115(103,104)78-51(67(98)99)37-75-65(96)49-38-79(3)52-35-46(8-9-48(52)60(49)93)36-76-69-73-14-15-74-69)111-27-4-7-54(84)70-12-5-25-108-29-31-110-32-30-109-26-6-13-72-66(97)50(10-11-55(85)71-16-28-112-68-62(95)64(116(105,106)107)61(94)53(113-68)43-114(100,101)102)77-56(86)39-80-17-19-81(40-57(87)88)21-23-83(42-59(91)92)24-22-82(20-18-80)41-58(89)90/h8-9,14-15,33-35,38,50,53,61-62,64,68,94-95,100-102,105-107H,4-7,10-13,16-32,36-37,39-43H2,1-3H3,(H,70,84)(H,71,85)(H,72,97)(H,75,96)(H,77,86)(H,87,88)(H,89,90)(H,91,92)(H,98,99)(H2,73,74,76)/b78-51+/t50-,53?,61?,62?,64?,68?/m1/s1. The molecule has 2 fully saturated rings. The lowest BCUT2D eigenvalue weighted by Gasteiger charge is -2.47. The highest BCUT2D eigenvalue weighted by atomic mass is 32.3. The third kappa shape index (κ3) is 33.7. The zero-order chi connectivity index (χ0) is 85.3. The molecule has 6 atom stereocenters. The van der Waals surface area contributed by atoms with Crippen molar-refractivity contribution in [1.82, 2.24) is 60.7 Å². The molecule has 5 amide bonds. The van der Waals surface area contributed by atoms with Gasteiger partial charge in [0.05, 0.1) is 110 Å². The van der Waals surface area contributed by atoms with Crippen LogP contribution < -0.4 is 42.1 Å². The number of anilines is 1. The van der Waals surface area contributed by atoms with Crippen molar-refractivity contribution in [3.63, 3.8) is 0 Å². The van der Waals surface area contributed by atoms with Gasteiger partial charge < -0.3 is 128 Å². The van der Waals surface area contributed by atoms with Gasteiger partial charge in [-0.05, 0) is 80.5 Å². The number of aliphatic carboxylic acids is 4. The maximum atomic E-state index is 13.9. The van der Waals surface area contributed by atoms with E-state index in [1.807, 2.05) is 0 Å². The Kier molecular flexibility index (Phi) is 39.5. The largest absolute Gasteiger partial charge is 0.494 e. The molecule has 0 bridgehead atoms. The number of carboxylic acids is 4. The number of aryl methyl sites for hydroxylation is 3. The predicted molar refractivity (Wildman–Crippen MR) is 417 cm³/mol. The minimum absolute atomic E-state index is 0.0434. The molecule has 0 radical (unpaired) electrons. The van der Waals surface area contributed by atoms with Crippen LogP contribution in [0.4, 0.5) is 5.95 Å². The van der Waals surface area contributed by atoms with Crippen molar-refractivity contribution in [3.05, 3.63) is 81.4 Å². The summed E-state index contributed by atoms with van der Waals surface area (Å²) in [6.45, 7) is 2.62. The average Bonchev–Trinajstić information content (AvgIpc) is 0.800. The maximum Gasteiger partial charge on any atom is 0.353 e. The third-order valence-corrected chi connectivity index (χ3v) is 21.6. The van der Waals surface area contributed by atoms with Crippen LogP contribution in [0.1, 0.15) is 65.6 Å². The van der Waals surface area contributed by atoms with Gasteiger partial charge in [-0.15, -0.1) is 0 Å². The summed E-state index contributed by atoms with van der Waals surface area (Å²) in [6.07, 6.45) is -2.86. The Labute approximate surface area is 670 Å². The van der Waals surface area contributed by atoms with E-state index in [1.165, 1.54) is 32.2 Å². The Morgan fingerprint density at radius 2 is 1.20 bits per heavy atom. The van der Waals surface area contributed by atoms with Crippen LogP contribution in [0.3, 0.4) is 0 Å². The Balaban J connectivity index is 0.882. The summed E-state index contributed by atoms with van der Waals surface area (Å²) in [5.74, 6) is -8.71. The van der Waals surface area contributed by atoms with E-state index in [4.69, 9.17) is 28.4 Å². The van der Waals surface area contributed by atoms with E-state index >= 15 is 0 Å². The number of carbonyl (C=O) groups excluding carboxylic acids is 5. The molecule has 2 aliphatic rings. The molecule has 4 heterocycles. The summed E-state index contributed by atoms with van der Waals surface area (Å²) in [7, 11) is -12.1. The number of aromatic nitrogens is 3. The lowest BCUT2D eigenvalue weighted by atomic mass is 10.0. The normalized spacial score (nSPS) is 18.5. The number of fused-ring (bicyclic) bond motifs is 1. The molecule has 6 rings (SSSR count). The van der Waals surface area contributed by atoms with E-state index in [0.29, 0.717) is 44.0 Å². The van der Waals surface area contributed by atoms with Gasteiger partial charge in [-0.25, -0.2) is 9.78 Å². The van der Waals surface area contributed by atoms with Crippen molar-refractivity contribution in [2.45, 2.75) is 99.7 Å². The molecule has 44 nitrogen and oxygen atoms in total. The van der Waals surface area contributed by atoms with Crippen molar-refractivity contribution in [2.24, 2.45) is 11.4 Å². The van der Waals surface area contributed by atoms with Gasteiger partial charge in [-0.3, -0.25) is 62.8 Å². The zero-order valence-corrected chi connectivity index (χ0v) is 66.7. The first kappa shape index (κ1) is 96.2. The van der Waals surface area contributed by atoms with Gasteiger partial charge in [-0.2, -0.15) is 12.8 Å². The molecule has 2 aromatic heterocycles. The number of aliphatic hydroxyl groups is 2. The Hall–Kier alpha value is -8.67. The molecule has 2 aromatic carbocycles. The van der Waals surface area contributed by atoms with E-state index in [0.717, 1.165) is 5.56 Å². The zero-order valence-electron chi connectivity index (χ0n) is 64.3. The molecule has 0 spiro atoms. The second kappa shape index (κ2) is 47.7. The molecule has 0 aliphatic carbocycles. The molecule has 0 saturated carbocycles. The minimum atomic E-state index is -4.73. The number of carbonyl (C=O) groups is 9. The number of benzene rings is 2. The molecule has 650 valence electrons. The monoisotopic (exact) mass is 1710 g/mol. The number of amides is 5. The van der Waals surface area contributed by atoms with Crippen LogP contribution in [0.15, 0.2) is 63.0 Å². The summed E-state index contributed by atoms with van der Waals surface area (Å²) in [5, 5.41) is 74.2. The van der Waals surface area contributed by atoms with Crippen LogP contribution in [0.2, 0.25) is 0 Å². The second-order valence-corrected chi connectivity index (χ2v) is 32.0. The summed E-state index contributed by atoms with van der Waals surface area (Å²) in [6, 6.07) is 6.55. The summed E-state index contributed by atoms with van der Waals surface area (Å²) in [4.78, 5) is 141. The molecule has 116 heavy (non-hydrogen) atoms. The van der Waals surface area contributed by atoms with Crippen LogP contribution >= 0.6 is 21.7 Å². The summed E-state index contributed by atoms with van der Waals surface area (Å²) in [5.41, 5.74) is -0.149. The number of aromatic amines is 1. The van der Waals surface area contributed by atoms with E-state index < -0.39 is 165 Å². The Morgan fingerprint density at radius 3 is 1.73 bits per heavy atom. The number of nitrogens with one attached hydrogen (secondary N) is 7. The van der Waals surface area contributed by atoms with Crippen molar-refractivity contribution < 1.29 is 138 Å².